The van der Waals surface area contributed by atoms with Gasteiger partial charge in [0.15, 0.2) is 10.9 Å². The molecule has 1 aliphatic rings. The molecule has 2 aromatic rings. The van der Waals surface area contributed by atoms with Gasteiger partial charge in [-0.15, -0.1) is 0 Å². The van der Waals surface area contributed by atoms with Gasteiger partial charge in [-0.1, -0.05) is 0 Å². The van der Waals surface area contributed by atoms with E-state index < -0.39 is 0 Å². The predicted molar refractivity (Wildman–Crippen MR) is 109 cm³/mol. The number of methoxy groups -OCH3 is 2. The molecule has 0 spiro atoms. The van der Waals surface area contributed by atoms with E-state index in [2.05, 4.69) is 16.0 Å². The molecular formula is C19H23N3O5S. The van der Waals surface area contributed by atoms with E-state index in [0.717, 1.165) is 19.4 Å². The van der Waals surface area contributed by atoms with Crippen molar-refractivity contribution in [1.29, 1.82) is 0 Å². The van der Waals surface area contributed by atoms with E-state index in [4.69, 9.17) is 30.8 Å². The maximum atomic E-state index is 12.3. The van der Waals surface area contributed by atoms with Crippen molar-refractivity contribution in [2.24, 2.45) is 0 Å². The van der Waals surface area contributed by atoms with Gasteiger partial charge in [0.05, 0.1) is 38.0 Å². The summed E-state index contributed by atoms with van der Waals surface area (Å²) in [6.07, 6.45) is 3.71. The molecule has 1 atom stereocenters. The Bertz CT molecular complexity index is 819. The van der Waals surface area contributed by atoms with Crippen LogP contribution >= 0.6 is 12.2 Å². The van der Waals surface area contributed by atoms with Gasteiger partial charge in [-0.2, -0.15) is 0 Å². The first-order valence-corrected chi connectivity index (χ1v) is 9.29. The molecule has 3 N–H and O–H groups in total. The van der Waals surface area contributed by atoms with E-state index >= 15 is 0 Å². The molecule has 1 saturated heterocycles. The van der Waals surface area contributed by atoms with Crippen molar-refractivity contribution in [3.63, 3.8) is 0 Å². The normalized spacial score (nSPS) is 15.7. The Kier molecular flexibility index (Phi) is 6.72. The van der Waals surface area contributed by atoms with Crippen molar-refractivity contribution in [3.05, 3.63) is 36.3 Å². The van der Waals surface area contributed by atoms with Crippen LogP contribution < -0.4 is 25.4 Å². The van der Waals surface area contributed by atoms with Gasteiger partial charge < -0.3 is 34.6 Å². The second-order valence-electron chi connectivity index (χ2n) is 6.15. The molecule has 0 bridgehead atoms. The van der Waals surface area contributed by atoms with Crippen LogP contribution in [0.1, 0.15) is 23.4 Å². The van der Waals surface area contributed by atoms with E-state index in [9.17, 15) is 4.79 Å². The Morgan fingerprint density at radius 3 is 2.50 bits per heavy atom. The number of furan rings is 1. The van der Waals surface area contributed by atoms with Crippen molar-refractivity contribution in [3.8, 4) is 11.5 Å². The van der Waals surface area contributed by atoms with Crippen molar-refractivity contribution in [1.82, 2.24) is 5.32 Å². The number of thiocarbonyl (C=S) groups is 1. The zero-order chi connectivity index (χ0) is 19.9. The minimum absolute atomic E-state index is 0.176. The maximum Gasteiger partial charge on any atom is 0.291 e. The Balaban J connectivity index is 1.70. The summed E-state index contributed by atoms with van der Waals surface area (Å²) in [7, 11) is 3.05. The molecule has 0 aliphatic carbocycles. The van der Waals surface area contributed by atoms with Crippen LogP contribution in [0.15, 0.2) is 34.9 Å². The van der Waals surface area contributed by atoms with Gasteiger partial charge in [-0.3, -0.25) is 4.79 Å². The van der Waals surface area contributed by atoms with Crippen LogP contribution in [0, 0.1) is 0 Å². The third-order valence-corrected chi connectivity index (χ3v) is 4.52. The van der Waals surface area contributed by atoms with Gasteiger partial charge in [-0.05, 0) is 37.2 Å². The van der Waals surface area contributed by atoms with Gasteiger partial charge in [0.2, 0.25) is 0 Å². The molecule has 150 valence electrons. The summed E-state index contributed by atoms with van der Waals surface area (Å²) in [5, 5.41) is 9.44. The third-order valence-electron chi connectivity index (χ3n) is 4.28. The van der Waals surface area contributed by atoms with E-state index in [0.29, 0.717) is 34.5 Å². The summed E-state index contributed by atoms with van der Waals surface area (Å²) in [5.41, 5.74) is 1.06. The highest BCUT2D eigenvalue weighted by molar-refractivity contribution is 7.80. The number of hydrogen-bond donors (Lipinski definition) is 3. The Morgan fingerprint density at radius 1 is 1.21 bits per heavy atom. The number of rotatable bonds is 7. The summed E-state index contributed by atoms with van der Waals surface area (Å²) in [6, 6.07) is 6.58. The molecule has 1 aromatic heterocycles. The number of anilines is 2. The zero-order valence-electron chi connectivity index (χ0n) is 15.7. The van der Waals surface area contributed by atoms with Crippen LogP contribution in [-0.4, -0.2) is 44.5 Å². The monoisotopic (exact) mass is 405 g/mol. The van der Waals surface area contributed by atoms with Crippen molar-refractivity contribution in [2.45, 2.75) is 18.9 Å². The van der Waals surface area contributed by atoms with Crippen LogP contribution in [-0.2, 0) is 4.74 Å². The van der Waals surface area contributed by atoms with Crippen molar-refractivity contribution >= 4 is 34.6 Å². The van der Waals surface area contributed by atoms with Crippen LogP contribution in [0.25, 0.3) is 0 Å². The van der Waals surface area contributed by atoms with E-state index in [-0.39, 0.29) is 17.8 Å². The molecule has 1 amide bonds. The van der Waals surface area contributed by atoms with Crippen LogP contribution in [0.3, 0.4) is 0 Å². The fourth-order valence-corrected chi connectivity index (χ4v) is 3.06. The van der Waals surface area contributed by atoms with E-state index in [1.807, 2.05) is 0 Å². The van der Waals surface area contributed by atoms with Gasteiger partial charge in [0.25, 0.3) is 5.91 Å². The second-order valence-corrected chi connectivity index (χ2v) is 6.56. The number of carbonyl (C=O) groups excluding carboxylic acids is 1. The molecule has 0 saturated carbocycles. The molecule has 1 fully saturated rings. The lowest BCUT2D eigenvalue weighted by molar-refractivity contribution is 0.0996. The van der Waals surface area contributed by atoms with Crippen LogP contribution in [0.2, 0.25) is 0 Å². The van der Waals surface area contributed by atoms with Crippen LogP contribution in [0.4, 0.5) is 11.4 Å². The molecule has 1 aromatic carbocycles. The molecule has 1 aliphatic heterocycles. The summed E-state index contributed by atoms with van der Waals surface area (Å²) in [4.78, 5) is 12.3. The smallest absolute Gasteiger partial charge is 0.291 e. The van der Waals surface area contributed by atoms with Gasteiger partial charge >= 0.3 is 0 Å². The Morgan fingerprint density at radius 2 is 1.93 bits per heavy atom. The minimum Gasteiger partial charge on any atom is -0.494 e. The molecule has 2 heterocycles. The molecule has 3 rings (SSSR count). The lowest BCUT2D eigenvalue weighted by Gasteiger charge is -2.18. The Labute approximate surface area is 168 Å². The first kappa shape index (κ1) is 20.0. The summed E-state index contributed by atoms with van der Waals surface area (Å²) in [5.74, 6) is 0.754. The number of benzene rings is 1. The number of carbonyl (C=O) groups is 1. The van der Waals surface area contributed by atoms with Gasteiger partial charge in [0.1, 0.15) is 11.5 Å². The first-order valence-electron chi connectivity index (χ1n) is 8.88. The molecule has 8 nitrogen and oxygen atoms in total. The molecule has 9 heteroatoms. The second kappa shape index (κ2) is 9.43. The number of hydrogen-bond acceptors (Lipinski definition) is 6. The predicted octanol–water partition coefficient (Wildman–Crippen LogP) is 3.01. The summed E-state index contributed by atoms with van der Waals surface area (Å²) in [6.45, 7) is 1.44. The minimum atomic E-state index is -0.389. The van der Waals surface area contributed by atoms with E-state index in [1.54, 1.807) is 24.3 Å². The quantitative estimate of drug-likeness (QED) is 0.606. The molecule has 0 radical (unpaired) electrons. The van der Waals surface area contributed by atoms with E-state index in [1.165, 1.54) is 20.5 Å². The fraction of sp³-hybridized carbons (Fsp3) is 0.368. The Hall–Kier alpha value is -2.78. The zero-order valence-corrected chi connectivity index (χ0v) is 16.6. The SMILES string of the molecule is COc1cc(NC(=S)NC[C@H]2CCCO2)c(OC)cc1NC(=O)c1ccco1. The van der Waals surface area contributed by atoms with Gasteiger partial charge in [0, 0.05) is 25.3 Å². The largest absolute Gasteiger partial charge is 0.494 e. The van der Waals surface area contributed by atoms with Gasteiger partial charge in [-0.25, -0.2) is 0 Å². The summed E-state index contributed by atoms with van der Waals surface area (Å²) >= 11 is 5.36. The topological polar surface area (TPSA) is 94.0 Å². The van der Waals surface area contributed by atoms with Crippen LogP contribution in [0.5, 0.6) is 11.5 Å². The average Bonchev–Trinajstić information content (AvgIpc) is 3.41. The highest BCUT2D eigenvalue weighted by atomic mass is 32.1. The van der Waals surface area contributed by atoms with Crippen molar-refractivity contribution in [2.75, 3.05) is 38.0 Å². The lowest BCUT2D eigenvalue weighted by Crippen LogP contribution is -2.34. The number of amides is 1. The highest BCUT2D eigenvalue weighted by Gasteiger charge is 2.18. The fourth-order valence-electron chi connectivity index (χ4n) is 2.86. The summed E-state index contributed by atoms with van der Waals surface area (Å²) < 4.78 is 21.5. The molecular weight excluding hydrogens is 382 g/mol. The molecule has 28 heavy (non-hydrogen) atoms. The lowest BCUT2D eigenvalue weighted by atomic mass is 10.2. The van der Waals surface area contributed by atoms with Crippen molar-refractivity contribution < 1.29 is 23.4 Å². The third kappa shape index (κ3) is 4.93. The maximum absolute atomic E-state index is 12.3. The highest BCUT2D eigenvalue weighted by Crippen LogP contribution is 2.36. The molecule has 0 unspecified atom stereocenters. The number of ether oxygens (including phenoxy) is 3. The average molecular weight is 405 g/mol. The number of nitrogens with one attached hydrogen (secondary N) is 3. The standard InChI is InChI=1S/C19H23N3O5S/c1-24-16-10-14(22-19(28)20-11-12-5-3-7-26-12)17(25-2)9-13(16)21-18(23)15-6-4-8-27-15/h4,6,8-10,12H,3,5,7,11H2,1-2H3,(H,21,23)(H2,20,22,28)/t12-/m1/s1. The first-order chi connectivity index (χ1) is 13.6.